The van der Waals surface area contributed by atoms with E-state index >= 15 is 0 Å². The number of ether oxygens (including phenoxy) is 1. The minimum absolute atomic E-state index is 0.128. The molecule has 0 radical (unpaired) electrons. The van der Waals surface area contributed by atoms with Crippen LogP contribution in [-0.4, -0.2) is 34.0 Å². The molecule has 2 aromatic rings. The predicted octanol–water partition coefficient (Wildman–Crippen LogP) is 1.81. The van der Waals surface area contributed by atoms with E-state index in [0.717, 1.165) is 0 Å². The maximum atomic E-state index is 11.2. The molecule has 0 fully saturated rings. The molecular formula is C12H13N5O3. The predicted molar refractivity (Wildman–Crippen MR) is 72.8 cm³/mol. The zero-order valence-electron chi connectivity index (χ0n) is 11.2. The number of aromatic nitrogens is 3. The van der Waals surface area contributed by atoms with Crippen LogP contribution < -0.4 is 10.1 Å². The molecule has 0 saturated heterocycles. The van der Waals surface area contributed by atoms with Crippen LogP contribution in [0.3, 0.4) is 0 Å². The first-order valence-electron chi connectivity index (χ1n) is 5.78. The highest BCUT2D eigenvalue weighted by Gasteiger charge is 2.23. The third-order valence-corrected chi connectivity index (χ3v) is 2.68. The second-order valence-electron chi connectivity index (χ2n) is 3.92. The van der Waals surface area contributed by atoms with Gasteiger partial charge in [-0.3, -0.25) is 10.1 Å². The van der Waals surface area contributed by atoms with Gasteiger partial charge >= 0.3 is 5.69 Å². The van der Waals surface area contributed by atoms with Crippen molar-refractivity contribution in [1.82, 2.24) is 15.0 Å². The van der Waals surface area contributed by atoms with Gasteiger partial charge < -0.3 is 10.1 Å². The summed E-state index contributed by atoms with van der Waals surface area (Å²) < 4.78 is 5.02. The molecule has 2 aromatic heterocycles. The Kier molecular flexibility index (Phi) is 3.74. The first-order chi connectivity index (χ1) is 9.56. The largest absolute Gasteiger partial charge is 0.481 e. The van der Waals surface area contributed by atoms with Crippen molar-refractivity contribution in [1.29, 1.82) is 0 Å². The van der Waals surface area contributed by atoms with Gasteiger partial charge in [-0.1, -0.05) is 0 Å². The summed E-state index contributed by atoms with van der Waals surface area (Å²) >= 11 is 0. The van der Waals surface area contributed by atoms with E-state index in [0.29, 0.717) is 23.1 Å². The van der Waals surface area contributed by atoms with Gasteiger partial charge in [-0.2, -0.15) is 0 Å². The fraction of sp³-hybridized carbons (Fsp3) is 0.250. The second kappa shape index (κ2) is 5.47. The van der Waals surface area contributed by atoms with Crippen molar-refractivity contribution in [2.45, 2.75) is 6.92 Å². The first kappa shape index (κ1) is 13.7. The van der Waals surface area contributed by atoms with Crippen molar-refractivity contribution in [2.75, 3.05) is 19.5 Å². The summed E-state index contributed by atoms with van der Waals surface area (Å²) in [5, 5.41) is 14.0. The van der Waals surface area contributed by atoms with E-state index in [2.05, 4.69) is 20.3 Å². The third-order valence-electron chi connectivity index (χ3n) is 2.68. The Hall–Kier alpha value is -2.77. The zero-order valence-corrected chi connectivity index (χ0v) is 11.2. The van der Waals surface area contributed by atoms with E-state index < -0.39 is 4.92 Å². The molecule has 8 heteroatoms. The summed E-state index contributed by atoms with van der Waals surface area (Å²) in [7, 11) is 3.13. The maximum Gasteiger partial charge on any atom is 0.316 e. The van der Waals surface area contributed by atoms with Crippen LogP contribution in [-0.2, 0) is 0 Å². The molecule has 0 aromatic carbocycles. The van der Waals surface area contributed by atoms with Crippen LogP contribution in [0.4, 0.5) is 11.6 Å². The van der Waals surface area contributed by atoms with Crippen LogP contribution in [0.2, 0.25) is 0 Å². The average molecular weight is 275 g/mol. The maximum absolute atomic E-state index is 11.2. The minimum atomic E-state index is -0.489. The number of hydrogen-bond donors (Lipinski definition) is 1. The topological polar surface area (TPSA) is 103 Å². The Balaban J connectivity index is 2.69. The Labute approximate surface area is 115 Å². The molecule has 0 amide bonds. The quantitative estimate of drug-likeness (QED) is 0.670. The number of nitrogens with one attached hydrogen (secondary N) is 1. The molecule has 8 nitrogen and oxygen atoms in total. The standard InChI is InChI=1S/C12H13N5O3/c1-7-11(17(18)19)10(16-12(13-2)15-7)8-4-5-14-9(6-8)20-3/h4-6H,1-3H3,(H,13,15,16). The first-order valence-corrected chi connectivity index (χ1v) is 5.78. The van der Waals surface area contributed by atoms with Crippen molar-refractivity contribution in [3.8, 4) is 17.1 Å². The summed E-state index contributed by atoms with van der Waals surface area (Å²) in [6, 6.07) is 3.23. The van der Waals surface area contributed by atoms with Crippen molar-refractivity contribution in [3.63, 3.8) is 0 Å². The number of aryl methyl sites for hydroxylation is 1. The number of anilines is 1. The van der Waals surface area contributed by atoms with Gasteiger partial charge in [0.25, 0.3) is 0 Å². The van der Waals surface area contributed by atoms with Crippen molar-refractivity contribution in [3.05, 3.63) is 34.1 Å². The minimum Gasteiger partial charge on any atom is -0.481 e. The Bertz CT molecular complexity index is 660. The van der Waals surface area contributed by atoms with E-state index in [-0.39, 0.29) is 11.4 Å². The molecule has 0 spiro atoms. The van der Waals surface area contributed by atoms with E-state index in [1.807, 2.05) is 0 Å². The molecule has 0 saturated carbocycles. The summed E-state index contributed by atoms with van der Waals surface area (Å²) in [4.78, 5) is 22.9. The number of nitrogens with zero attached hydrogens (tertiary/aromatic N) is 4. The van der Waals surface area contributed by atoms with Gasteiger partial charge in [-0.25, -0.2) is 15.0 Å². The van der Waals surface area contributed by atoms with Crippen LogP contribution in [0.15, 0.2) is 18.3 Å². The molecule has 1 N–H and O–H groups in total. The Morgan fingerprint density at radius 1 is 1.40 bits per heavy atom. The fourth-order valence-electron chi connectivity index (χ4n) is 1.77. The van der Waals surface area contributed by atoms with Crippen molar-refractivity contribution in [2.24, 2.45) is 0 Å². The Morgan fingerprint density at radius 2 is 2.15 bits per heavy atom. The second-order valence-corrected chi connectivity index (χ2v) is 3.92. The van der Waals surface area contributed by atoms with Gasteiger partial charge in [0.05, 0.1) is 12.0 Å². The van der Waals surface area contributed by atoms with Crippen LogP contribution in [0.25, 0.3) is 11.3 Å². The van der Waals surface area contributed by atoms with Crippen molar-refractivity contribution < 1.29 is 9.66 Å². The van der Waals surface area contributed by atoms with Gasteiger partial charge in [0.2, 0.25) is 11.8 Å². The third kappa shape index (κ3) is 2.48. The Morgan fingerprint density at radius 3 is 2.75 bits per heavy atom. The van der Waals surface area contributed by atoms with Gasteiger partial charge in [0.15, 0.2) is 5.69 Å². The lowest BCUT2D eigenvalue weighted by Crippen LogP contribution is -2.05. The van der Waals surface area contributed by atoms with E-state index in [1.165, 1.54) is 13.3 Å². The van der Waals surface area contributed by atoms with E-state index in [4.69, 9.17) is 4.74 Å². The molecule has 0 aliphatic rings. The molecule has 0 bridgehead atoms. The fourth-order valence-corrected chi connectivity index (χ4v) is 1.77. The lowest BCUT2D eigenvalue weighted by atomic mass is 10.1. The van der Waals surface area contributed by atoms with Crippen LogP contribution in [0.5, 0.6) is 5.88 Å². The molecular weight excluding hydrogens is 262 g/mol. The normalized spacial score (nSPS) is 10.2. The SMILES string of the molecule is CNc1nc(C)c([N+](=O)[O-])c(-c2ccnc(OC)c2)n1. The molecule has 0 aliphatic heterocycles. The molecule has 0 aliphatic carbocycles. The summed E-state index contributed by atoms with van der Waals surface area (Å²) in [6.45, 7) is 1.57. The highest BCUT2D eigenvalue weighted by atomic mass is 16.6. The smallest absolute Gasteiger partial charge is 0.316 e. The lowest BCUT2D eigenvalue weighted by molar-refractivity contribution is -0.385. The van der Waals surface area contributed by atoms with Crippen LogP contribution >= 0.6 is 0 Å². The highest BCUT2D eigenvalue weighted by Crippen LogP contribution is 2.32. The molecule has 0 atom stereocenters. The number of hydrogen-bond acceptors (Lipinski definition) is 7. The van der Waals surface area contributed by atoms with Crippen LogP contribution in [0.1, 0.15) is 5.69 Å². The number of nitro groups is 1. The van der Waals surface area contributed by atoms with Gasteiger partial charge in [-0.15, -0.1) is 0 Å². The number of rotatable bonds is 4. The van der Waals surface area contributed by atoms with Gasteiger partial charge in [0.1, 0.15) is 5.69 Å². The van der Waals surface area contributed by atoms with Crippen LogP contribution in [0, 0.1) is 17.0 Å². The molecule has 2 heterocycles. The van der Waals surface area contributed by atoms with Gasteiger partial charge in [0, 0.05) is 24.9 Å². The summed E-state index contributed by atoms with van der Waals surface area (Å²) in [5.74, 6) is 0.679. The summed E-state index contributed by atoms with van der Waals surface area (Å²) in [6.07, 6.45) is 1.51. The lowest BCUT2D eigenvalue weighted by Gasteiger charge is -2.08. The zero-order chi connectivity index (χ0) is 14.7. The average Bonchev–Trinajstić information content (AvgIpc) is 2.45. The van der Waals surface area contributed by atoms with E-state index in [1.54, 1.807) is 26.1 Å². The molecule has 2 rings (SSSR count). The number of methoxy groups -OCH3 is 1. The van der Waals surface area contributed by atoms with E-state index in [9.17, 15) is 10.1 Å². The molecule has 20 heavy (non-hydrogen) atoms. The summed E-state index contributed by atoms with van der Waals surface area (Å²) in [5.41, 5.74) is 0.940. The monoisotopic (exact) mass is 275 g/mol. The van der Waals surface area contributed by atoms with Gasteiger partial charge in [-0.05, 0) is 13.0 Å². The highest BCUT2D eigenvalue weighted by molar-refractivity contribution is 5.72. The number of pyridine rings is 1. The molecule has 104 valence electrons. The molecule has 0 unspecified atom stereocenters. The van der Waals surface area contributed by atoms with Crippen molar-refractivity contribution >= 4 is 11.6 Å².